The molecule has 0 saturated heterocycles. The minimum atomic E-state index is 0.556. The third kappa shape index (κ3) is 5.52. The van der Waals surface area contributed by atoms with Gasteiger partial charge in [-0.25, -0.2) is 0 Å². The van der Waals surface area contributed by atoms with Crippen LogP contribution in [0.1, 0.15) is 18.9 Å². The highest BCUT2D eigenvalue weighted by Gasteiger charge is 2.02. The summed E-state index contributed by atoms with van der Waals surface area (Å²) in [6.45, 7) is 4.33. The number of benzene rings is 1. The second kappa shape index (κ2) is 7.39. The fourth-order valence-electron chi connectivity index (χ4n) is 1.76. The van der Waals surface area contributed by atoms with Gasteiger partial charge in [-0.3, -0.25) is 0 Å². The van der Waals surface area contributed by atoms with E-state index in [0.29, 0.717) is 6.04 Å². The monoisotopic (exact) mass is 249 g/mol. The Morgan fingerprint density at radius 2 is 1.67 bits per heavy atom. The number of hydrogen-bond acceptors (Lipinski definition) is 3. The summed E-state index contributed by atoms with van der Waals surface area (Å²) >= 11 is 0. The maximum Gasteiger partial charge on any atom is 0.0361 e. The van der Waals surface area contributed by atoms with Crippen LogP contribution >= 0.6 is 0 Å². The van der Waals surface area contributed by atoms with Crippen molar-refractivity contribution in [3.05, 3.63) is 29.8 Å². The van der Waals surface area contributed by atoms with Crippen LogP contribution in [-0.2, 0) is 6.54 Å². The molecule has 1 unspecified atom stereocenters. The van der Waals surface area contributed by atoms with Crippen molar-refractivity contribution >= 4 is 5.69 Å². The summed E-state index contributed by atoms with van der Waals surface area (Å²) in [5.74, 6) is 0. The van der Waals surface area contributed by atoms with Crippen LogP contribution < -0.4 is 10.2 Å². The molecule has 0 heterocycles. The van der Waals surface area contributed by atoms with E-state index in [9.17, 15) is 0 Å². The number of rotatable bonds is 7. The fraction of sp³-hybridized carbons (Fsp3) is 0.600. The standard InChI is InChI=1S/C15H27N3/c1-13(10-11-17(2)3)16-12-14-6-8-15(9-7-14)18(4)5/h6-9,13,16H,10-12H2,1-5H3. The van der Waals surface area contributed by atoms with Crippen LogP contribution in [0.4, 0.5) is 5.69 Å². The van der Waals surface area contributed by atoms with Crippen molar-refractivity contribution in [1.29, 1.82) is 0 Å². The van der Waals surface area contributed by atoms with Gasteiger partial charge in [-0.2, -0.15) is 0 Å². The van der Waals surface area contributed by atoms with E-state index in [1.807, 2.05) is 0 Å². The lowest BCUT2D eigenvalue weighted by Gasteiger charge is -2.17. The second-order valence-corrected chi connectivity index (χ2v) is 5.43. The largest absolute Gasteiger partial charge is 0.378 e. The predicted octanol–water partition coefficient (Wildman–Crippen LogP) is 2.18. The van der Waals surface area contributed by atoms with Crippen molar-refractivity contribution in [3.8, 4) is 0 Å². The zero-order valence-corrected chi connectivity index (χ0v) is 12.4. The normalized spacial score (nSPS) is 12.8. The number of hydrogen-bond donors (Lipinski definition) is 1. The Morgan fingerprint density at radius 1 is 1.06 bits per heavy atom. The molecule has 1 aromatic carbocycles. The lowest BCUT2D eigenvalue weighted by molar-refractivity contribution is 0.365. The zero-order chi connectivity index (χ0) is 13.5. The molecule has 1 rings (SSSR count). The molecule has 1 aromatic rings. The Bertz CT molecular complexity index is 330. The van der Waals surface area contributed by atoms with Gasteiger partial charge in [-0.05, 0) is 51.7 Å². The predicted molar refractivity (Wildman–Crippen MR) is 80.2 cm³/mol. The van der Waals surface area contributed by atoms with Gasteiger partial charge in [-0.1, -0.05) is 12.1 Å². The van der Waals surface area contributed by atoms with Crippen LogP contribution in [0.2, 0.25) is 0 Å². The molecule has 0 radical (unpaired) electrons. The molecule has 3 nitrogen and oxygen atoms in total. The van der Waals surface area contributed by atoms with Gasteiger partial charge in [0.1, 0.15) is 0 Å². The molecule has 0 aromatic heterocycles. The van der Waals surface area contributed by atoms with Gasteiger partial charge in [-0.15, -0.1) is 0 Å². The topological polar surface area (TPSA) is 18.5 Å². The molecule has 0 aliphatic carbocycles. The minimum Gasteiger partial charge on any atom is -0.378 e. The summed E-state index contributed by atoms with van der Waals surface area (Å²) in [4.78, 5) is 4.35. The van der Waals surface area contributed by atoms with Crippen LogP contribution in [0.3, 0.4) is 0 Å². The maximum absolute atomic E-state index is 3.56. The third-order valence-electron chi connectivity index (χ3n) is 3.12. The van der Waals surface area contributed by atoms with Crippen molar-refractivity contribution in [2.45, 2.75) is 25.9 Å². The molecule has 0 bridgehead atoms. The Balaban J connectivity index is 2.34. The molecule has 1 atom stereocenters. The molecule has 0 amide bonds. The van der Waals surface area contributed by atoms with Gasteiger partial charge in [0.15, 0.2) is 0 Å². The zero-order valence-electron chi connectivity index (χ0n) is 12.4. The van der Waals surface area contributed by atoms with Crippen molar-refractivity contribution < 1.29 is 0 Å². The Labute approximate surface area is 112 Å². The molecule has 3 heteroatoms. The van der Waals surface area contributed by atoms with Gasteiger partial charge in [0.2, 0.25) is 0 Å². The van der Waals surface area contributed by atoms with E-state index >= 15 is 0 Å². The van der Waals surface area contributed by atoms with Crippen LogP contribution in [0.5, 0.6) is 0 Å². The maximum atomic E-state index is 3.56. The molecular weight excluding hydrogens is 222 g/mol. The third-order valence-corrected chi connectivity index (χ3v) is 3.12. The van der Waals surface area contributed by atoms with Gasteiger partial charge >= 0.3 is 0 Å². The molecule has 0 fully saturated rings. The van der Waals surface area contributed by atoms with Gasteiger partial charge in [0.05, 0.1) is 0 Å². The Hall–Kier alpha value is -1.06. The quantitative estimate of drug-likeness (QED) is 0.799. The minimum absolute atomic E-state index is 0.556. The van der Waals surface area contributed by atoms with E-state index in [4.69, 9.17) is 0 Å². The van der Waals surface area contributed by atoms with Crippen molar-refractivity contribution in [2.24, 2.45) is 0 Å². The number of anilines is 1. The molecule has 1 N–H and O–H groups in total. The highest BCUT2D eigenvalue weighted by Crippen LogP contribution is 2.12. The first-order valence-corrected chi connectivity index (χ1v) is 6.63. The first-order valence-electron chi connectivity index (χ1n) is 6.63. The lowest BCUT2D eigenvalue weighted by Crippen LogP contribution is -2.29. The summed E-state index contributed by atoms with van der Waals surface area (Å²) in [5.41, 5.74) is 2.59. The molecule has 0 aliphatic rings. The first-order chi connectivity index (χ1) is 8.49. The van der Waals surface area contributed by atoms with Crippen molar-refractivity contribution in [1.82, 2.24) is 10.2 Å². The highest BCUT2D eigenvalue weighted by atomic mass is 15.1. The molecule has 18 heavy (non-hydrogen) atoms. The van der Waals surface area contributed by atoms with E-state index in [1.54, 1.807) is 0 Å². The smallest absolute Gasteiger partial charge is 0.0361 e. The van der Waals surface area contributed by atoms with E-state index in [1.165, 1.54) is 17.7 Å². The molecule has 0 saturated carbocycles. The Kier molecular flexibility index (Phi) is 6.16. The SMILES string of the molecule is CC(CCN(C)C)NCc1ccc(N(C)C)cc1. The summed E-state index contributed by atoms with van der Waals surface area (Å²) in [6.07, 6.45) is 1.18. The van der Waals surface area contributed by atoms with E-state index in [2.05, 4.69) is 74.5 Å². The molecular formula is C15H27N3. The van der Waals surface area contributed by atoms with Crippen molar-refractivity contribution in [2.75, 3.05) is 39.6 Å². The second-order valence-electron chi connectivity index (χ2n) is 5.43. The van der Waals surface area contributed by atoms with E-state index < -0.39 is 0 Å². The molecule has 0 spiro atoms. The number of nitrogens with zero attached hydrogens (tertiary/aromatic N) is 2. The fourth-order valence-corrected chi connectivity index (χ4v) is 1.76. The van der Waals surface area contributed by atoms with Gasteiger partial charge in [0.25, 0.3) is 0 Å². The van der Waals surface area contributed by atoms with E-state index in [0.717, 1.165) is 13.1 Å². The summed E-state index contributed by atoms with van der Waals surface area (Å²) < 4.78 is 0. The average Bonchev–Trinajstić information content (AvgIpc) is 2.34. The van der Waals surface area contributed by atoms with Crippen LogP contribution in [0.15, 0.2) is 24.3 Å². The van der Waals surface area contributed by atoms with Crippen LogP contribution in [-0.4, -0.2) is 45.7 Å². The van der Waals surface area contributed by atoms with Gasteiger partial charge < -0.3 is 15.1 Å². The summed E-state index contributed by atoms with van der Waals surface area (Å²) in [7, 11) is 8.37. The van der Waals surface area contributed by atoms with Crippen LogP contribution in [0, 0.1) is 0 Å². The average molecular weight is 249 g/mol. The molecule has 102 valence electrons. The number of nitrogens with one attached hydrogen (secondary N) is 1. The summed E-state index contributed by atoms with van der Waals surface area (Å²) in [6, 6.07) is 9.28. The highest BCUT2D eigenvalue weighted by molar-refractivity contribution is 5.45. The van der Waals surface area contributed by atoms with E-state index in [-0.39, 0.29) is 0 Å². The van der Waals surface area contributed by atoms with Crippen LogP contribution in [0.25, 0.3) is 0 Å². The lowest BCUT2D eigenvalue weighted by atomic mass is 10.1. The summed E-state index contributed by atoms with van der Waals surface area (Å²) in [5, 5.41) is 3.56. The van der Waals surface area contributed by atoms with Crippen molar-refractivity contribution in [3.63, 3.8) is 0 Å². The Morgan fingerprint density at radius 3 is 2.17 bits per heavy atom. The molecule has 0 aliphatic heterocycles. The first kappa shape index (κ1) is 15.0. The van der Waals surface area contributed by atoms with Gasteiger partial charge in [0, 0.05) is 32.4 Å².